The van der Waals surface area contributed by atoms with Crippen LogP contribution >= 0.6 is 0 Å². The number of ether oxygens (including phenoxy) is 2. The van der Waals surface area contributed by atoms with Crippen molar-refractivity contribution in [2.45, 2.75) is 44.1 Å². The zero-order chi connectivity index (χ0) is 22.1. The monoisotopic (exact) mass is 417 g/mol. The van der Waals surface area contributed by atoms with Crippen molar-refractivity contribution in [2.75, 3.05) is 13.7 Å². The highest BCUT2D eigenvalue weighted by Gasteiger charge is 2.53. The van der Waals surface area contributed by atoms with E-state index < -0.39 is 36.8 Å². The lowest BCUT2D eigenvalue weighted by atomic mass is 9.86. The van der Waals surface area contributed by atoms with Gasteiger partial charge >= 0.3 is 0 Å². The maximum absolute atomic E-state index is 11.9. The largest absolute Gasteiger partial charge is 0.462 e. The first-order valence-electron chi connectivity index (χ1n) is 9.63. The molecule has 1 amide bonds. The summed E-state index contributed by atoms with van der Waals surface area (Å²) in [6.45, 7) is 2.54. The summed E-state index contributed by atoms with van der Waals surface area (Å²) in [5.41, 5.74) is 1.09. The number of hydrogen-bond acceptors (Lipinski definition) is 7. The van der Waals surface area contributed by atoms with Gasteiger partial charge in [-0.25, -0.2) is 0 Å². The Kier molecular flexibility index (Phi) is 6.44. The standard InChI is InChI=1S/C22H27NO7/c1-12-9-14(13-5-4-6-15(10-13)20(27)23-3)7-8-16(12)29-21-19(26)22(2,28)18(25)17(11-24)30-21/h4-10,17-19,21,24-26,28H,11H2,1-3H3,(H,23,27)/t17-,18-,19+,21+,22-/m1/s1. The average Bonchev–Trinajstić information content (AvgIpc) is 2.75. The lowest BCUT2D eigenvalue weighted by Crippen LogP contribution is -2.66. The first kappa shape index (κ1) is 22.2. The molecule has 0 aliphatic carbocycles. The third-order valence-electron chi connectivity index (χ3n) is 5.40. The molecule has 5 N–H and O–H groups in total. The highest BCUT2D eigenvalue weighted by molar-refractivity contribution is 5.95. The summed E-state index contributed by atoms with van der Waals surface area (Å²) in [7, 11) is 1.57. The molecular weight excluding hydrogens is 390 g/mol. The first-order chi connectivity index (χ1) is 14.2. The minimum atomic E-state index is -1.91. The molecule has 0 aromatic heterocycles. The van der Waals surface area contributed by atoms with Gasteiger partial charge in [0, 0.05) is 12.6 Å². The molecule has 0 unspecified atom stereocenters. The van der Waals surface area contributed by atoms with E-state index in [-0.39, 0.29) is 5.91 Å². The van der Waals surface area contributed by atoms with E-state index >= 15 is 0 Å². The van der Waals surface area contributed by atoms with Crippen LogP contribution < -0.4 is 10.1 Å². The van der Waals surface area contributed by atoms with E-state index in [0.717, 1.165) is 16.7 Å². The normalized spacial score (nSPS) is 28.8. The molecule has 162 valence electrons. The van der Waals surface area contributed by atoms with Crippen LogP contribution in [0.3, 0.4) is 0 Å². The van der Waals surface area contributed by atoms with Crippen molar-refractivity contribution in [1.82, 2.24) is 5.32 Å². The highest BCUT2D eigenvalue weighted by atomic mass is 16.7. The fraction of sp³-hybridized carbons (Fsp3) is 0.409. The Labute approximate surface area is 174 Å². The second-order valence-corrected chi connectivity index (χ2v) is 7.60. The van der Waals surface area contributed by atoms with Gasteiger partial charge in [-0.2, -0.15) is 0 Å². The van der Waals surface area contributed by atoms with Crippen LogP contribution in [-0.2, 0) is 4.74 Å². The van der Waals surface area contributed by atoms with Crippen molar-refractivity contribution in [3.8, 4) is 16.9 Å². The van der Waals surface area contributed by atoms with Crippen molar-refractivity contribution in [1.29, 1.82) is 0 Å². The molecule has 2 aromatic rings. The Morgan fingerprint density at radius 3 is 2.50 bits per heavy atom. The van der Waals surface area contributed by atoms with Gasteiger partial charge in [-0.15, -0.1) is 0 Å². The van der Waals surface area contributed by atoms with E-state index in [1.54, 1.807) is 37.4 Å². The molecule has 30 heavy (non-hydrogen) atoms. The Morgan fingerprint density at radius 1 is 1.17 bits per heavy atom. The zero-order valence-electron chi connectivity index (χ0n) is 17.1. The van der Waals surface area contributed by atoms with Crippen molar-refractivity contribution in [3.05, 3.63) is 53.6 Å². The Balaban J connectivity index is 1.83. The molecule has 0 spiro atoms. The molecule has 0 saturated carbocycles. The minimum Gasteiger partial charge on any atom is -0.462 e. The molecule has 0 bridgehead atoms. The predicted octanol–water partition coefficient (Wildman–Crippen LogP) is 0.590. The lowest BCUT2D eigenvalue weighted by molar-refractivity contribution is -0.308. The number of carbonyl (C=O) groups excluding carboxylic acids is 1. The highest BCUT2D eigenvalue weighted by Crippen LogP contribution is 2.33. The number of benzene rings is 2. The maximum atomic E-state index is 11.9. The number of carbonyl (C=O) groups is 1. The summed E-state index contributed by atoms with van der Waals surface area (Å²) in [6, 6.07) is 12.6. The fourth-order valence-corrected chi connectivity index (χ4v) is 3.45. The van der Waals surface area contributed by atoms with Crippen molar-refractivity contribution in [3.63, 3.8) is 0 Å². The van der Waals surface area contributed by atoms with E-state index in [1.807, 2.05) is 19.1 Å². The second-order valence-electron chi connectivity index (χ2n) is 7.60. The molecule has 0 radical (unpaired) electrons. The van der Waals surface area contributed by atoms with Gasteiger partial charge < -0.3 is 35.2 Å². The van der Waals surface area contributed by atoms with E-state index in [9.17, 15) is 25.2 Å². The van der Waals surface area contributed by atoms with E-state index in [2.05, 4.69) is 5.32 Å². The van der Waals surface area contributed by atoms with Crippen LogP contribution in [0.4, 0.5) is 0 Å². The molecule has 1 fully saturated rings. The molecule has 8 heteroatoms. The number of rotatable bonds is 5. The van der Waals surface area contributed by atoms with Gasteiger partial charge in [-0.3, -0.25) is 4.79 Å². The van der Waals surface area contributed by atoms with Gasteiger partial charge in [0.05, 0.1) is 6.61 Å². The molecule has 1 saturated heterocycles. The molecule has 3 rings (SSSR count). The number of hydrogen-bond donors (Lipinski definition) is 5. The Hall–Kier alpha value is -2.49. The van der Waals surface area contributed by atoms with Gasteiger partial charge in [0.25, 0.3) is 5.91 Å². The van der Waals surface area contributed by atoms with Gasteiger partial charge in [-0.05, 0) is 54.8 Å². The quantitative estimate of drug-likeness (QED) is 0.482. The van der Waals surface area contributed by atoms with Crippen LogP contribution in [0.5, 0.6) is 5.75 Å². The summed E-state index contributed by atoms with van der Waals surface area (Å²) in [6.07, 6.45) is -5.37. The summed E-state index contributed by atoms with van der Waals surface area (Å²) >= 11 is 0. The van der Waals surface area contributed by atoms with Crippen LogP contribution in [0.2, 0.25) is 0 Å². The van der Waals surface area contributed by atoms with Crippen LogP contribution in [-0.4, -0.2) is 70.2 Å². The van der Waals surface area contributed by atoms with Gasteiger partial charge in [0.15, 0.2) is 0 Å². The first-order valence-corrected chi connectivity index (χ1v) is 9.63. The zero-order valence-corrected chi connectivity index (χ0v) is 17.1. The molecule has 2 aromatic carbocycles. The van der Waals surface area contributed by atoms with E-state index in [1.165, 1.54) is 6.92 Å². The predicted molar refractivity (Wildman–Crippen MR) is 109 cm³/mol. The smallest absolute Gasteiger partial charge is 0.251 e. The van der Waals surface area contributed by atoms with Crippen LogP contribution in [0.1, 0.15) is 22.8 Å². The van der Waals surface area contributed by atoms with E-state index in [0.29, 0.717) is 11.3 Å². The van der Waals surface area contributed by atoms with Crippen molar-refractivity contribution >= 4 is 5.91 Å². The van der Waals surface area contributed by atoms with Gasteiger partial charge in [0.1, 0.15) is 29.7 Å². The molecule has 5 atom stereocenters. The Bertz CT molecular complexity index is 914. The number of aryl methyl sites for hydroxylation is 1. The van der Waals surface area contributed by atoms with E-state index in [4.69, 9.17) is 9.47 Å². The van der Waals surface area contributed by atoms with Crippen LogP contribution in [0.15, 0.2) is 42.5 Å². The average molecular weight is 417 g/mol. The number of aliphatic hydroxyl groups excluding tert-OH is 3. The number of nitrogens with one attached hydrogen (secondary N) is 1. The molecular formula is C22H27NO7. The van der Waals surface area contributed by atoms with Crippen LogP contribution in [0, 0.1) is 6.92 Å². The third-order valence-corrected chi connectivity index (χ3v) is 5.40. The molecule has 8 nitrogen and oxygen atoms in total. The van der Waals surface area contributed by atoms with Crippen molar-refractivity contribution in [2.24, 2.45) is 0 Å². The second kappa shape index (κ2) is 8.71. The number of amides is 1. The SMILES string of the molecule is CNC(=O)c1cccc(-c2ccc(O[C@H]3O[C@H](CO)[C@@H](O)[C@@](C)(O)[C@H]3O)c(C)c2)c1. The molecule has 1 aliphatic heterocycles. The summed E-state index contributed by atoms with van der Waals surface area (Å²) in [4.78, 5) is 11.9. The maximum Gasteiger partial charge on any atom is 0.251 e. The summed E-state index contributed by atoms with van der Waals surface area (Å²) < 4.78 is 11.2. The van der Waals surface area contributed by atoms with Gasteiger partial charge in [0.2, 0.25) is 6.29 Å². The fourth-order valence-electron chi connectivity index (χ4n) is 3.45. The third kappa shape index (κ3) is 4.19. The molecule has 1 heterocycles. The van der Waals surface area contributed by atoms with Gasteiger partial charge in [-0.1, -0.05) is 18.2 Å². The number of aliphatic hydroxyl groups is 4. The Morgan fingerprint density at radius 2 is 1.87 bits per heavy atom. The van der Waals surface area contributed by atoms with Crippen LogP contribution in [0.25, 0.3) is 11.1 Å². The summed E-state index contributed by atoms with van der Waals surface area (Å²) in [5, 5.41) is 42.9. The lowest BCUT2D eigenvalue weighted by Gasteiger charge is -2.45. The summed E-state index contributed by atoms with van der Waals surface area (Å²) in [5.74, 6) is 0.235. The topological polar surface area (TPSA) is 128 Å². The molecule has 1 aliphatic rings. The van der Waals surface area contributed by atoms with Crippen molar-refractivity contribution < 1.29 is 34.7 Å². The minimum absolute atomic E-state index is 0.176.